The quantitative estimate of drug-likeness (QED) is 0.735. The molecule has 2 amide bonds. The lowest BCUT2D eigenvalue weighted by atomic mass is 10.2. The topological polar surface area (TPSA) is 72.3 Å². The lowest BCUT2D eigenvalue weighted by Gasteiger charge is -2.25. The van der Waals surface area contributed by atoms with Gasteiger partial charge in [-0.15, -0.1) is 10.2 Å². The molecule has 7 heteroatoms. The Hall–Kier alpha value is -2.57. The number of hydrogen-bond acceptors (Lipinski definition) is 4. The van der Waals surface area contributed by atoms with E-state index in [4.69, 9.17) is 4.74 Å². The maximum absolute atomic E-state index is 13.1. The Bertz CT molecular complexity index is 802. The van der Waals surface area contributed by atoms with Gasteiger partial charge < -0.3 is 14.6 Å². The molecule has 0 radical (unpaired) electrons. The van der Waals surface area contributed by atoms with Crippen LogP contribution < -0.4 is 15.0 Å². The molecule has 3 rings (SSSR count). The second-order valence-corrected chi connectivity index (χ2v) is 7.34. The minimum Gasteiger partial charge on any atom is -0.495 e. The first-order valence-electron chi connectivity index (χ1n) is 10.2. The molecule has 0 saturated carbocycles. The van der Waals surface area contributed by atoms with Crippen LogP contribution >= 0.6 is 0 Å². The van der Waals surface area contributed by atoms with Crippen molar-refractivity contribution in [1.82, 2.24) is 20.1 Å². The lowest BCUT2D eigenvalue weighted by molar-refractivity contribution is 0.245. The van der Waals surface area contributed by atoms with Crippen molar-refractivity contribution >= 4 is 11.7 Å². The molecule has 1 N–H and O–H groups in total. The monoisotopic (exact) mass is 385 g/mol. The average Bonchev–Trinajstić information content (AvgIpc) is 2.92. The molecule has 0 bridgehead atoms. The van der Waals surface area contributed by atoms with Crippen molar-refractivity contribution in [2.75, 3.05) is 18.6 Å². The number of methoxy groups -OCH3 is 1. The molecule has 7 nitrogen and oxygen atoms in total. The van der Waals surface area contributed by atoms with Gasteiger partial charge in [0.25, 0.3) is 0 Å². The molecule has 0 unspecified atom stereocenters. The number of urea groups is 1. The van der Waals surface area contributed by atoms with Gasteiger partial charge in [0.05, 0.1) is 19.3 Å². The number of rotatable bonds is 7. The summed E-state index contributed by atoms with van der Waals surface area (Å²) in [5.41, 5.74) is 1.82. The largest absolute Gasteiger partial charge is 0.495 e. The number of anilines is 1. The number of benzene rings is 1. The molecule has 2 heterocycles. The summed E-state index contributed by atoms with van der Waals surface area (Å²) in [6, 6.07) is 5.74. The number of fused-ring (bicyclic) bond motifs is 1. The highest BCUT2D eigenvalue weighted by molar-refractivity contribution is 5.93. The predicted octanol–water partition coefficient (Wildman–Crippen LogP) is 3.84. The summed E-state index contributed by atoms with van der Waals surface area (Å²) in [7, 11) is 1.63. The zero-order valence-electron chi connectivity index (χ0n) is 17.2. The smallest absolute Gasteiger partial charge is 0.322 e. The molecule has 0 aliphatic carbocycles. The maximum atomic E-state index is 13.1. The van der Waals surface area contributed by atoms with Crippen LogP contribution in [0.2, 0.25) is 0 Å². The Morgan fingerprint density at radius 3 is 2.93 bits per heavy atom. The second kappa shape index (κ2) is 9.57. The first-order valence-corrected chi connectivity index (χ1v) is 10.2. The van der Waals surface area contributed by atoms with E-state index in [0.717, 1.165) is 61.5 Å². The van der Waals surface area contributed by atoms with E-state index in [-0.39, 0.29) is 6.03 Å². The molecule has 0 spiro atoms. The van der Waals surface area contributed by atoms with Gasteiger partial charge in [0.2, 0.25) is 0 Å². The molecule has 1 aromatic carbocycles. The van der Waals surface area contributed by atoms with Crippen molar-refractivity contribution in [2.45, 2.75) is 65.5 Å². The van der Waals surface area contributed by atoms with Crippen molar-refractivity contribution in [3.8, 4) is 5.75 Å². The third kappa shape index (κ3) is 4.64. The maximum Gasteiger partial charge on any atom is 0.322 e. The number of ether oxygens (including phenoxy) is 1. The molecule has 152 valence electrons. The van der Waals surface area contributed by atoms with Gasteiger partial charge in [0.1, 0.15) is 11.6 Å². The van der Waals surface area contributed by atoms with Crippen molar-refractivity contribution in [1.29, 1.82) is 0 Å². The molecular formula is C21H31N5O2. The van der Waals surface area contributed by atoms with Crippen LogP contribution in [0.25, 0.3) is 0 Å². The van der Waals surface area contributed by atoms with Crippen LogP contribution in [0.3, 0.4) is 0 Å². The summed E-state index contributed by atoms with van der Waals surface area (Å²) in [6.07, 6.45) is 6.40. The van der Waals surface area contributed by atoms with Crippen LogP contribution in [-0.4, -0.2) is 34.5 Å². The van der Waals surface area contributed by atoms with E-state index in [1.807, 2.05) is 25.1 Å². The number of amides is 2. The number of unbranched alkanes of at least 4 members (excludes halogenated alkanes) is 1. The fourth-order valence-corrected chi connectivity index (χ4v) is 3.55. The minimum absolute atomic E-state index is 0.136. The third-order valence-corrected chi connectivity index (χ3v) is 5.16. The summed E-state index contributed by atoms with van der Waals surface area (Å²) in [5.74, 6) is 2.52. The van der Waals surface area contributed by atoms with Gasteiger partial charge in [-0.2, -0.15) is 0 Å². The van der Waals surface area contributed by atoms with Gasteiger partial charge in [-0.05, 0) is 43.9 Å². The number of nitrogens with zero attached hydrogens (tertiary/aromatic N) is 4. The number of carbonyl (C=O) groups excluding carboxylic acids is 1. The van der Waals surface area contributed by atoms with E-state index in [1.54, 1.807) is 12.0 Å². The molecule has 2 aromatic rings. The van der Waals surface area contributed by atoms with E-state index in [1.165, 1.54) is 6.42 Å². The van der Waals surface area contributed by atoms with Gasteiger partial charge in [0.15, 0.2) is 5.82 Å². The average molecular weight is 386 g/mol. The van der Waals surface area contributed by atoms with Gasteiger partial charge in [-0.25, -0.2) is 4.79 Å². The van der Waals surface area contributed by atoms with Gasteiger partial charge in [-0.1, -0.05) is 25.8 Å². The Labute approximate surface area is 167 Å². The molecule has 1 aliphatic rings. The van der Waals surface area contributed by atoms with Gasteiger partial charge in [0, 0.05) is 19.5 Å². The molecule has 1 aliphatic heterocycles. The molecule has 0 atom stereocenters. The van der Waals surface area contributed by atoms with E-state index >= 15 is 0 Å². The van der Waals surface area contributed by atoms with Crippen molar-refractivity contribution < 1.29 is 9.53 Å². The van der Waals surface area contributed by atoms with Crippen LogP contribution in [0.1, 0.15) is 56.2 Å². The van der Waals surface area contributed by atoms with Crippen molar-refractivity contribution in [2.24, 2.45) is 0 Å². The summed E-state index contributed by atoms with van der Waals surface area (Å²) in [4.78, 5) is 14.8. The Kier molecular flexibility index (Phi) is 6.90. The second-order valence-electron chi connectivity index (χ2n) is 7.34. The summed E-state index contributed by atoms with van der Waals surface area (Å²) >= 11 is 0. The Balaban J connectivity index is 1.92. The van der Waals surface area contributed by atoms with Crippen LogP contribution in [0, 0.1) is 6.92 Å². The SMILES string of the molecule is CCCCNC(=O)N(Cc1nnc2n1CCCCC2)c1cc(C)ccc1OC. The number of nitrogens with one attached hydrogen (secondary N) is 1. The summed E-state index contributed by atoms with van der Waals surface area (Å²) in [5, 5.41) is 11.8. The van der Waals surface area contributed by atoms with Gasteiger partial charge in [-0.3, -0.25) is 4.90 Å². The lowest BCUT2D eigenvalue weighted by Crippen LogP contribution is -2.41. The van der Waals surface area contributed by atoms with E-state index < -0.39 is 0 Å². The molecule has 1 aromatic heterocycles. The van der Waals surface area contributed by atoms with Crippen molar-refractivity contribution in [3.05, 3.63) is 35.4 Å². The van der Waals surface area contributed by atoms with Gasteiger partial charge >= 0.3 is 6.03 Å². The summed E-state index contributed by atoms with van der Waals surface area (Å²) in [6.45, 7) is 6.05. The number of carbonyl (C=O) groups is 1. The molecular weight excluding hydrogens is 354 g/mol. The van der Waals surface area contributed by atoms with E-state index in [2.05, 4.69) is 27.0 Å². The first kappa shape index (κ1) is 20.2. The number of aromatic nitrogens is 3. The standard InChI is InChI=1S/C21H31N5O2/c1-4-5-12-22-21(27)26(17-14-16(2)10-11-18(17)28-3)15-20-24-23-19-9-7-6-8-13-25(19)20/h10-11,14H,4-9,12-13,15H2,1-3H3,(H,22,27). The Morgan fingerprint density at radius 1 is 1.29 bits per heavy atom. The zero-order chi connectivity index (χ0) is 19.9. The fraction of sp³-hybridized carbons (Fsp3) is 0.571. The highest BCUT2D eigenvalue weighted by atomic mass is 16.5. The normalized spacial score (nSPS) is 13.5. The minimum atomic E-state index is -0.136. The van der Waals surface area contributed by atoms with E-state index in [0.29, 0.717) is 18.8 Å². The van der Waals surface area contributed by atoms with Crippen molar-refractivity contribution in [3.63, 3.8) is 0 Å². The van der Waals surface area contributed by atoms with Crippen LogP contribution in [-0.2, 0) is 19.5 Å². The molecule has 28 heavy (non-hydrogen) atoms. The van der Waals surface area contributed by atoms with Crippen LogP contribution in [0.5, 0.6) is 5.75 Å². The predicted molar refractivity (Wildman–Crippen MR) is 110 cm³/mol. The van der Waals surface area contributed by atoms with E-state index in [9.17, 15) is 4.79 Å². The van der Waals surface area contributed by atoms with Crippen LogP contribution in [0.15, 0.2) is 18.2 Å². The van der Waals surface area contributed by atoms with Crippen LogP contribution in [0.4, 0.5) is 10.5 Å². The highest BCUT2D eigenvalue weighted by Crippen LogP contribution is 2.31. The molecule has 0 fully saturated rings. The number of hydrogen-bond donors (Lipinski definition) is 1. The molecule has 0 saturated heterocycles. The summed E-state index contributed by atoms with van der Waals surface area (Å²) < 4.78 is 7.73. The third-order valence-electron chi connectivity index (χ3n) is 5.16. The Morgan fingerprint density at radius 2 is 2.14 bits per heavy atom. The first-order chi connectivity index (χ1) is 13.6. The zero-order valence-corrected chi connectivity index (χ0v) is 17.2. The fourth-order valence-electron chi connectivity index (χ4n) is 3.55. The number of aryl methyl sites for hydroxylation is 2. The highest BCUT2D eigenvalue weighted by Gasteiger charge is 2.24.